The first-order chi connectivity index (χ1) is 9.72. The molecule has 2 aromatic heterocycles. The van der Waals surface area contributed by atoms with Crippen LogP contribution in [0.5, 0.6) is 0 Å². The Labute approximate surface area is 121 Å². The molecule has 0 aliphatic heterocycles. The highest BCUT2D eigenvalue weighted by molar-refractivity contribution is 7.19. The van der Waals surface area contributed by atoms with E-state index in [0.717, 1.165) is 34.4 Å². The van der Waals surface area contributed by atoms with Gasteiger partial charge in [0.05, 0.1) is 5.39 Å². The van der Waals surface area contributed by atoms with Gasteiger partial charge in [0, 0.05) is 10.4 Å². The number of hydrogen-bond acceptors (Lipinski definition) is 4. The minimum atomic E-state index is 0.630. The van der Waals surface area contributed by atoms with E-state index in [9.17, 15) is 0 Å². The van der Waals surface area contributed by atoms with E-state index in [1.807, 2.05) is 12.1 Å². The first-order valence-electron chi connectivity index (χ1n) is 6.87. The lowest BCUT2D eigenvalue weighted by atomic mass is 10.1. The lowest BCUT2D eigenvalue weighted by Gasteiger charge is -2.04. The summed E-state index contributed by atoms with van der Waals surface area (Å²) in [6.45, 7) is 2.07. The Morgan fingerprint density at radius 1 is 1.20 bits per heavy atom. The van der Waals surface area contributed by atoms with Crippen LogP contribution in [-0.2, 0) is 12.8 Å². The van der Waals surface area contributed by atoms with Gasteiger partial charge in [-0.15, -0.1) is 11.3 Å². The maximum absolute atomic E-state index is 6.21. The maximum atomic E-state index is 6.21. The number of fused-ring (bicyclic) bond motifs is 3. The summed E-state index contributed by atoms with van der Waals surface area (Å²) in [6.07, 6.45) is 3.51. The third kappa shape index (κ3) is 1.72. The van der Waals surface area contributed by atoms with Crippen LogP contribution in [0.15, 0.2) is 24.3 Å². The summed E-state index contributed by atoms with van der Waals surface area (Å²) in [5, 5.41) is 1.10. The van der Waals surface area contributed by atoms with E-state index in [-0.39, 0.29) is 0 Å². The fraction of sp³-hybridized carbons (Fsp3) is 0.250. The molecule has 0 bridgehead atoms. The monoisotopic (exact) mass is 281 g/mol. The average Bonchev–Trinajstić information content (AvgIpc) is 2.98. The molecule has 2 heterocycles. The molecule has 100 valence electrons. The molecule has 0 unspecified atom stereocenters. The van der Waals surface area contributed by atoms with E-state index in [1.54, 1.807) is 11.3 Å². The molecule has 0 fully saturated rings. The summed E-state index contributed by atoms with van der Waals surface area (Å²) in [7, 11) is 0. The topological polar surface area (TPSA) is 51.8 Å². The molecule has 0 radical (unpaired) electrons. The van der Waals surface area contributed by atoms with Crippen LogP contribution in [0.1, 0.15) is 22.4 Å². The Balaban J connectivity index is 1.95. The van der Waals surface area contributed by atoms with Gasteiger partial charge in [-0.3, -0.25) is 0 Å². The zero-order valence-corrected chi connectivity index (χ0v) is 12.1. The summed E-state index contributed by atoms with van der Waals surface area (Å²) in [4.78, 5) is 11.8. The predicted molar refractivity (Wildman–Crippen MR) is 84.0 cm³/mol. The van der Waals surface area contributed by atoms with Gasteiger partial charge >= 0.3 is 0 Å². The van der Waals surface area contributed by atoms with E-state index in [4.69, 9.17) is 10.7 Å². The SMILES string of the molecule is Cc1cccc(-c2nc(N)c3c4c(sc3n2)CCC4)c1. The Morgan fingerprint density at radius 2 is 2.10 bits per heavy atom. The van der Waals surface area contributed by atoms with Crippen molar-refractivity contribution in [3.63, 3.8) is 0 Å². The van der Waals surface area contributed by atoms with Crippen LogP contribution in [0, 0.1) is 6.92 Å². The molecule has 4 rings (SSSR count). The third-order valence-corrected chi connectivity index (χ3v) is 5.05. The highest BCUT2D eigenvalue weighted by Crippen LogP contribution is 2.39. The van der Waals surface area contributed by atoms with Crippen molar-refractivity contribution in [1.29, 1.82) is 0 Å². The number of hydrogen-bond donors (Lipinski definition) is 1. The molecular formula is C16H15N3S. The molecule has 4 heteroatoms. The van der Waals surface area contributed by atoms with E-state index < -0.39 is 0 Å². The number of aryl methyl sites for hydroxylation is 3. The highest BCUT2D eigenvalue weighted by Gasteiger charge is 2.21. The molecule has 0 atom stereocenters. The van der Waals surface area contributed by atoms with Gasteiger partial charge < -0.3 is 5.73 Å². The van der Waals surface area contributed by atoms with Crippen molar-refractivity contribution >= 4 is 27.4 Å². The summed E-state index contributed by atoms with van der Waals surface area (Å²) < 4.78 is 0. The first-order valence-corrected chi connectivity index (χ1v) is 7.69. The van der Waals surface area contributed by atoms with Gasteiger partial charge in [0.2, 0.25) is 0 Å². The van der Waals surface area contributed by atoms with Crippen LogP contribution in [0.3, 0.4) is 0 Å². The Bertz CT molecular complexity index is 820. The lowest BCUT2D eigenvalue weighted by Crippen LogP contribution is -1.97. The van der Waals surface area contributed by atoms with Crippen molar-refractivity contribution in [2.75, 3.05) is 5.73 Å². The second-order valence-corrected chi connectivity index (χ2v) is 6.42. The summed E-state index contributed by atoms with van der Waals surface area (Å²) in [5.41, 5.74) is 9.83. The second-order valence-electron chi connectivity index (χ2n) is 5.34. The number of nitrogens with two attached hydrogens (primary N) is 1. The summed E-state index contributed by atoms with van der Waals surface area (Å²) in [5.74, 6) is 1.37. The van der Waals surface area contributed by atoms with Crippen LogP contribution < -0.4 is 5.73 Å². The van der Waals surface area contributed by atoms with Crippen LogP contribution in [0.25, 0.3) is 21.6 Å². The van der Waals surface area contributed by atoms with Crippen LogP contribution in [0.4, 0.5) is 5.82 Å². The van der Waals surface area contributed by atoms with Crippen molar-refractivity contribution in [3.8, 4) is 11.4 Å². The molecule has 0 spiro atoms. The van der Waals surface area contributed by atoms with Gasteiger partial charge in [-0.1, -0.05) is 23.8 Å². The fourth-order valence-corrected chi connectivity index (χ4v) is 4.21. The van der Waals surface area contributed by atoms with E-state index in [1.165, 1.54) is 22.4 Å². The zero-order chi connectivity index (χ0) is 13.7. The van der Waals surface area contributed by atoms with Gasteiger partial charge in [0.15, 0.2) is 5.82 Å². The molecule has 20 heavy (non-hydrogen) atoms. The number of anilines is 1. The number of aromatic nitrogens is 2. The minimum Gasteiger partial charge on any atom is -0.383 e. The van der Waals surface area contributed by atoms with Crippen molar-refractivity contribution in [2.24, 2.45) is 0 Å². The van der Waals surface area contributed by atoms with Crippen molar-refractivity contribution < 1.29 is 0 Å². The minimum absolute atomic E-state index is 0.630. The van der Waals surface area contributed by atoms with Gasteiger partial charge in [-0.2, -0.15) is 0 Å². The molecule has 3 nitrogen and oxygen atoms in total. The molecule has 0 saturated carbocycles. The Hall–Kier alpha value is -1.94. The molecule has 0 amide bonds. The predicted octanol–water partition coefficient (Wildman–Crippen LogP) is 3.74. The molecule has 1 aliphatic carbocycles. The number of rotatable bonds is 1. The van der Waals surface area contributed by atoms with Gasteiger partial charge in [-0.25, -0.2) is 9.97 Å². The highest BCUT2D eigenvalue weighted by atomic mass is 32.1. The average molecular weight is 281 g/mol. The van der Waals surface area contributed by atoms with Gasteiger partial charge in [0.25, 0.3) is 0 Å². The standard InChI is InChI=1S/C16H15N3S/c1-9-4-2-5-10(8-9)15-18-14(17)13-11-6-3-7-12(11)20-16(13)19-15/h2,4-5,8H,3,6-7H2,1H3,(H2,17,18,19). The molecule has 1 aliphatic rings. The van der Waals surface area contributed by atoms with Crippen molar-refractivity contribution in [1.82, 2.24) is 9.97 Å². The molecule has 2 N–H and O–H groups in total. The van der Waals surface area contributed by atoms with E-state index >= 15 is 0 Å². The molecule has 0 saturated heterocycles. The maximum Gasteiger partial charge on any atom is 0.163 e. The number of benzene rings is 1. The Morgan fingerprint density at radius 3 is 2.95 bits per heavy atom. The van der Waals surface area contributed by atoms with Crippen LogP contribution in [0.2, 0.25) is 0 Å². The lowest BCUT2D eigenvalue weighted by molar-refractivity contribution is 0.917. The van der Waals surface area contributed by atoms with E-state index in [2.05, 4.69) is 24.0 Å². The molecule has 3 aromatic rings. The van der Waals surface area contributed by atoms with E-state index in [0.29, 0.717) is 5.82 Å². The number of nitrogens with zero attached hydrogens (tertiary/aromatic N) is 2. The largest absolute Gasteiger partial charge is 0.383 e. The fourth-order valence-electron chi connectivity index (χ4n) is 2.94. The van der Waals surface area contributed by atoms with Gasteiger partial charge in [0.1, 0.15) is 10.6 Å². The summed E-state index contributed by atoms with van der Waals surface area (Å²) >= 11 is 1.78. The second kappa shape index (κ2) is 4.28. The molecule has 1 aromatic carbocycles. The third-order valence-electron chi connectivity index (χ3n) is 3.87. The van der Waals surface area contributed by atoms with Gasteiger partial charge in [-0.05, 0) is 37.8 Å². The number of nitrogen functional groups attached to an aromatic ring is 1. The van der Waals surface area contributed by atoms with Crippen molar-refractivity contribution in [2.45, 2.75) is 26.2 Å². The smallest absolute Gasteiger partial charge is 0.163 e. The van der Waals surface area contributed by atoms with Crippen LogP contribution >= 0.6 is 11.3 Å². The normalized spacial score (nSPS) is 13.8. The number of thiophene rings is 1. The Kier molecular flexibility index (Phi) is 2.54. The molecular weight excluding hydrogens is 266 g/mol. The summed E-state index contributed by atoms with van der Waals surface area (Å²) in [6, 6.07) is 8.24. The van der Waals surface area contributed by atoms with Crippen molar-refractivity contribution in [3.05, 3.63) is 40.3 Å². The quantitative estimate of drug-likeness (QED) is 0.739. The first kappa shape index (κ1) is 11.9. The zero-order valence-electron chi connectivity index (χ0n) is 11.3. The van der Waals surface area contributed by atoms with Crippen LogP contribution in [-0.4, -0.2) is 9.97 Å².